The van der Waals surface area contributed by atoms with E-state index in [4.69, 9.17) is 5.73 Å². The molecule has 0 aliphatic heterocycles. The molecule has 0 saturated heterocycles. The molecule has 0 aliphatic carbocycles. The van der Waals surface area contributed by atoms with Crippen LogP contribution >= 0.6 is 0 Å². The molecule has 4 heteroatoms. The summed E-state index contributed by atoms with van der Waals surface area (Å²) in [6.45, 7) is 8.34. The van der Waals surface area contributed by atoms with E-state index in [0.29, 0.717) is 6.42 Å². The van der Waals surface area contributed by atoms with Gasteiger partial charge in [-0.25, -0.2) is 4.39 Å². The first kappa shape index (κ1) is 17.6. The van der Waals surface area contributed by atoms with Crippen LogP contribution in [0.5, 0.6) is 0 Å². The highest BCUT2D eigenvalue weighted by Crippen LogP contribution is 2.29. The Bertz CT molecular complexity index is 451. The molecule has 0 bridgehead atoms. The number of nitrogens with one attached hydrogen (secondary N) is 1. The second kappa shape index (κ2) is 7.55. The minimum Gasteiger partial charge on any atom is -0.348 e. The molecule has 2 unspecified atom stereocenters. The summed E-state index contributed by atoms with van der Waals surface area (Å²) in [5.74, 6) is -0.419. The first-order valence-electron chi connectivity index (χ1n) is 7.54. The van der Waals surface area contributed by atoms with Gasteiger partial charge in [-0.3, -0.25) is 4.79 Å². The van der Waals surface area contributed by atoms with Crippen LogP contribution in [0.25, 0.3) is 0 Å². The van der Waals surface area contributed by atoms with Gasteiger partial charge in [-0.1, -0.05) is 46.2 Å². The molecule has 1 amide bonds. The highest BCUT2D eigenvalue weighted by molar-refractivity contribution is 5.81. The largest absolute Gasteiger partial charge is 0.348 e. The van der Waals surface area contributed by atoms with Crippen molar-refractivity contribution in [2.45, 2.75) is 59.0 Å². The van der Waals surface area contributed by atoms with E-state index >= 15 is 0 Å². The van der Waals surface area contributed by atoms with Gasteiger partial charge in [-0.2, -0.15) is 0 Å². The monoisotopic (exact) mass is 294 g/mol. The number of hydrogen-bond acceptors (Lipinski definition) is 2. The van der Waals surface area contributed by atoms with E-state index < -0.39 is 6.04 Å². The third-order valence-corrected chi connectivity index (χ3v) is 3.34. The fourth-order valence-electron chi connectivity index (χ4n) is 2.28. The van der Waals surface area contributed by atoms with Crippen molar-refractivity contribution < 1.29 is 9.18 Å². The lowest BCUT2D eigenvalue weighted by molar-refractivity contribution is -0.123. The van der Waals surface area contributed by atoms with Crippen LogP contribution in [0.3, 0.4) is 0 Å². The number of hydrogen-bond donors (Lipinski definition) is 2. The SMILES string of the molecule is CCCC(N)C(=O)NC(CC(C)(C)C)c1ccc(F)cc1. The summed E-state index contributed by atoms with van der Waals surface area (Å²) in [6.07, 6.45) is 2.30. The molecule has 3 N–H and O–H groups in total. The summed E-state index contributed by atoms with van der Waals surface area (Å²) < 4.78 is 13.1. The van der Waals surface area contributed by atoms with Crippen LogP contribution in [0.2, 0.25) is 0 Å². The number of rotatable bonds is 6. The average molecular weight is 294 g/mol. The van der Waals surface area contributed by atoms with Crippen molar-refractivity contribution in [2.24, 2.45) is 11.1 Å². The molecule has 1 rings (SSSR count). The zero-order valence-corrected chi connectivity index (χ0v) is 13.4. The third-order valence-electron chi connectivity index (χ3n) is 3.34. The second-order valence-corrected chi connectivity index (χ2v) is 6.77. The Labute approximate surface area is 127 Å². The summed E-state index contributed by atoms with van der Waals surface area (Å²) in [7, 11) is 0. The van der Waals surface area contributed by atoms with Gasteiger partial charge in [0.25, 0.3) is 0 Å². The summed E-state index contributed by atoms with van der Waals surface area (Å²) >= 11 is 0. The van der Waals surface area contributed by atoms with Gasteiger partial charge in [0.2, 0.25) is 5.91 Å². The standard InChI is InChI=1S/C17H27FN2O/c1-5-6-14(19)16(21)20-15(11-17(2,3)4)12-7-9-13(18)10-8-12/h7-10,14-15H,5-6,11,19H2,1-4H3,(H,20,21). The van der Waals surface area contributed by atoms with E-state index in [9.17, 15) is 9.18 Å². The van der Waals surface area contributed by atoms with Gasteiger partial charge in [-0.15, -0.1) is 0 Å². The molecule has 0 fully saturated rings. The molecule has 0 spiro atoms. The van der Waals surface area contributed by atoms with Gasteiger partial charge in [0.05, 0.1) is 12.1 Å². The van der Waals surface area contributed by atoms with Crippen LogP contribution in [0.1, 0.15) is 58.6 Å². The predicted octanol–water partition coefficient (Wildman–Crippen LogP) is 3.55. The fraction of sp³-hybridized carbons (Fsp3) is 0.588. The van der Waals surface area contributed by atoms with Gasteiger partial charge in [0.15, 0.2) is 0 Å². The molecule has 1 aromatic rings. The molecular formula is C17H27FN2O. The van der Waals surface area contributed by atoms with Gasteiger partial charge in [0.1, 0.15) is 5.82 Å². The van der Waals surface area contributed by atoms with Gasteiger partial charge in [-0.05, 0) is 36.0 Å². The maximum atomic E-state index is 13.1. The summed E-state index contributed by atoms with van der Waals surface area (Å²) in [6, 6.07) is 5.64. The minimum absolute atomic E-state index is 0.0428. The van der Waals surface area contributed by atoms with E-state index in [2.05, 4.69) is 26.1 Å². The van der Waals surface area contributed by atoms with Gasteiger partial charge in [0, 0.05) is 0 Å². The van der Waals surface area contributed by atoms with Gasteiger partial charge < -0.3 is 11.1 Å². The maximum Gasteiger partial charge on any atom is 0.237 e. The van der Waals surface area contributed by atoms with E-state index in [-0.39, 0.29) is 23.2 Å². The van der Waals surface area contributed by atoms with E-state index in [1.165, 1.54) is 12.1 Å². The lowest BCUT2D eigenvalue weighted by Crippen LogP contribution is -2.42. The van der Waals surface area contributed by atoms with Crippen molar-refractivity contribution in [2.75, 3.05) is 0 Å². The van der Waals surface area contributed by atoms with Crippen LogP contribution in [0.4, 0.5) is 4.39 Å². The van der Waals surface area contributed by atoms with Crippen LogP contribution in [-0.2, 0) is 4.79 Å². The number of amides is 1. The second-order valence-electron chi connectivity index (χ2n) is 6.77. The van der Waals surface area contributed by atoms with Crippen molar-refractivity contribution in [1.29, 1.82) is 0 Å². The number of benzene rings is 1. The normalized spacial score (nSPS) is 14.6. The zero-order chi connectivity index (χ0) is 16.0. The molecule has 0 aliphatic rings. The molecule has 0 heterocycles. The van der Waals surface area contributed by atoms with Crippen LogP contribution in [0.15, 0.2) is 24.3 Å². The molecular weight excluding hydrogens is 267 g/mol. The number of carbonyl (C=O) groups excluding carboxylic acids is 1. The Morgan fingerprint density at radius 3 is 2.33 bits per heavy atom. The number of nitrogens with two attached hydrogens (primary N) is 1. The van der Waals surface area contributed by atoms with Crippen molar-refractivity contribution in [3.8, 4) is 0 Å². The number of carbonyl (C=O) groups is 1. The maximum absolute atomic E-state index is 13.1. The first-order valence-corrected chi connectivity index (χ1v) is 7.54. The van der Waals surface area contributed by atoms with E-state index in [1.54, 1.807) is 12.1 Å². The molecule has 0 saturated carbocycles. The van der Waals surface area contributed by atoms with Crippen molar-refractivity contribution in [3.05, 3.63) is 35.6 Å². The molecule has 118 valence electrons. The Hall–Kier alpha value is -1.42. The Balaban J connectivity index is 2.87. The summed E-state index contributed by atoms with van der Waals surface area (Å²) in [4.78, 5) is 12.2. The summed E-state index contributed by atoms with van der Waals surface area (Å²) in [5, 5.41) is 3.01. The van der Waals surface area contributed by atoms with Crippen molar-refractivity contribution >= 4 is 5.91 Å². The van der Waals surface area contributed by atoms with Crippen molar-refractivity contribution in [1.82, 2.24) is 5.32 Å². The third kappa shape index (κ3) is 6.25. The summed E-state index contributed by atoms with van der Waals surface area (Å²) in [5.41, 5.74) is 6.82. The lowest BCUT2D eigenvalue weighted by Gasteiger charge is -2.28. The quantitative estimate of drug-likeness (QED) is 0.843. The number of halogens is 1. The lowest BCUT2D eigenvalue weighted by atomic mass is 9.85. The van der Waals surface area contributed by atoms with Crippen LogP contribution in [0, 0.1) is 11.2 Å². The van der Waals surface area contributed by atoms with Crippen LogP contribution in [-0.4, -0.2) is 11.9 Å². The zero-order valence-electron chi connectivity index (χ0n) is 13.4. The molecule has 2 atom stereocenters. The van der Waals surface area contributed by atoms with Crippen LogP contribution < -0.4 is 11.1 Å². The molecule has 0 radical (unpaired) electrons. The highest BCUT2D eigenvalue weighted by atomic mass is 19.1. The minimum atomic E-state index is -0.488. The van der Waals surface area contributed by atoms with Gasteiger partial charge >= 0.3 is 0 Å². The van der Waals surface area contributed by atoms with E-state index in [1.807, 2.05) is 6.92 Å². The highest BCUT2D eigenvalue weighted by Gasteiger charge is 2.24. The molecule has 0 aromatic heterocycles. The Morgan fingerprint density at radius 1 is 1.29 bits per heavy atom. The first-order chi connectivity index (χ1) is 9.73. The van der Waals surface area contributed by atoms with Crippen molar-refractivity contribution in [3.63, 3.8) is 0 Å². The molecule has 3 nitrogen and oxygen atoms in total. The Morgan fingerprint density at radius 2 is 1.86 bits per heavy atom. The Kier molecular flexibility index (Phi) is 6.34. The van der Waals surface area contributed by atoms with E-state index in [0.717, 1.165) is 18.4 Å². The smallest absolute Gasteiger partial charge is 0.237 e. The predicted molar refractivity (Wildman–Crippen MR) is 84.2 cm³/mol. The fourth-order valence-corrected chi connectivity index (χ4v) is 2.28. The average Bonchev–Trinajstić information content (AvgIpc) is 2.37. The topological polar surface area (TPSA) is 55.1 Å². The molecule has 21 heavy (non-hydrogen) atoms. The molecule has 1 aromatic carbocycles.